The summed E-state index contributed by atoms with van der Waals surface area (Å²) in [5.74, 6) is -3.25. The number of aryl methyl sites for hydroxylation is 1. The lowest BCUT2D eigenvalue weighted by Crippen LogP contribution is -2.60. The van der Waals surface area contributed by atoms with Crippen LogP contribution in [0.15, 0.2) is 29.2 Å². The Morgan fingerprint density at radius 2 is 1.55 bits per heavy atom. The van der Waals surface area contributed by atoms with E-state index in [1.54, 1.807) is 12.1 Å². The van der Waals surface area contributed by atoms with Crippen molar-refractivity contribution >= 4 is 39.3 Å². The molecule has 0 aliphatic carbocycles. The van der Waals surface area contributed by atoms with Crippen molar-refractivity contribution in [1.82, 2.24) is 5.06 Å². The molecule has 1 heterocycles. The number of hydrogen-bond donors (Lipinski definition) is 1. The molecule has 1 aromatic carbocycles. The van der Waals surface area contributed by atoms with Gasteiger partial charge in [-0.05, 0) is 86.3 Å². The molecule has 2 rings (SSSR count). The second-order valence-electron chi connectivity index (χ2n) is 14.2. The Bertz CT molecular complexity index is 1310. The second kappa shape index (κ2) is 16.4. The van der Waals surface area contributed by atoms with E-state index in [1.807, 2.05) is 41.5 Å². The molecule has 1 radical (unpaired) electrons. The Labute approximate surface area is 283 Å². The fourth-order valence-corrected chi connectivity index (χ4v) is 7.92. The lowest BCUT2D eigenvalue weighted by molar-refractivity contribution is -0.301. The van der Waals surface area contributed by atoms with Crippen molar-refractivity contribution < 1.29 is 52.1 Å². The lowest BCUT2D eigenvalue weighted by Gasteiger charge is -2.49. The summed E-state index contributed by atoms with van der Waals surface area (Å²) in [6.07, 6.45) is -0.0204. The molecule has 1 aliphatic rings. The maximum Gasteiger partial charge on any atom is 0.332 e. The van der Waals surface area contributed by atoms with E-state index in [0.717, 1.165) is 17.0 Å². The van der Waals surface area contributed by atoms with E-state index < -0.39 is 80.6 Å². The number of hydrogen-bond acceptors (Lipinski definition) is 11. The van der Waals surface area contributed by atoms with Gasteiger partial charge in [-0.3, -0.25) is 9.59 Å². The van der Waals surface area contributed by atoms with Crippen LogP contribution in [0, 0.1) is 12.3 Å². The van der Waals surface area contributed by atoms with E-state index in [2.05, 4.69) is 0 Å². The predicted octanol–water partition coefficient (Wildman–Crippen LogP) is 4.34. The van der Waals surface area contributed by atoms with Gasteiger partial charge in [0.25, 0.3) is 0 Å². The van der Waals surface area contributed by atoms with Crippen molar-refractivity contribution in [1.29, 1.82) is 0 Å². The van der Waals surface area contributed by atoms with Crippen LogP contribution in [0.1, 0.15) is 86.1 Å². The van der Waals surface area contributed by atoms with E-state index in [1.165, 1.54) is 26.0 Å². The number of rotatable bonds is 17. The van der Waals surface area contributed by atoms with Gasteiger partial charge in [-0.25, -0.2) is 13.2 Å². The summed E-state index contributed by atoms with van der Waals surface area (Å²) in [6, 6.07) is 6.17. The third-order valence-electron chi connectivity index (χ3n) is 8.09. The molecule has 12 nitrogen and oxygen atoms in total. The summed E-state index contributed by atoms with van der Waals surface area (Å²) >= 11 is 6.56. The van der Waals surface area contributed by atoms with E-state index in [4.69, 9.17) is 30.5 Å². The molecule has 1 fully saturated rings. The smallest absolute Gasteiger partial charge is 0.332 e. The monoisotopic (exact) mass is 704 g/mol. The van der Waals surface area contributed by atoms with Crippen LogP contribution >= 0.6 is 11.6 Å². The van der Waals surface area contributed by atoms with E-state index in [0.29, 0.717) is 19.3 Å². The largest absolute Gasteiger partial charge is 0.465 e. The molecule has 0 bridgehead atoms. The topological polar surface area (TPSA) is 166 Å². The number of piperidine rings is 1. The van der Waals surface area contributed by atoms with Gasteiger partial charge in [0.1, 0.15) is 30.8 Å². The van der Waals surface area contributed by atoms with Crippen LogP contribution in [0.4, 0.5) is 0 Å². The molecule has 47 heavy (non-hydrogen) atoms. The first kappa shape index (κ1) is 40.9. The Kier molecular flexibility index (Phi) is 14.3. The van der Waals surface area contributed by atoms with Gasteiger partial charge in [-0.15, -0.1) is 21.9 Å². The molecule has 1 saturated heterocycles. The molecular weight excluding hydrogens is 654 g/mol. The van der Waals surface area contributed by atoms with E-state index in [-0.39, 0.29) is 24.2 Å². The molecule has 0 aromatic heterocycles. The highest BCUT2D eigenvalue weighted by molar-refractivity contribution is 7.91. The SMILES string of the molecule is CCCCOC(=O)C(C)(CC(C)(Cl)C(=O)OCC(O)COC(=O)COC1CC(C)(C)N([O])C(C)(C)C1)CS(=O)(=O)c1ccc(C)cc1. The summed E-state index contributed by atoms with van der Waals surface area (Å²) < 4.78 is 48.0. The average Bonchev–Trinajstić information content (AvgIpc) is 2.95. The minimum absolute atomic E-state index is 0.0122. The molecule has 3 unspecified atom stereocenters. The van der Waals surface area contributed by atoms with Crippen molar-refractivity contribution in [2.45, 2.75) is 121 Å². The van der Waals surface area contributed by atoms with Gasteiger partial charge >= 0.3 is 17.9 Å². The number of hydroxylamine groups is 2. The highest BCUT2D eigenvalue weighted by Gasteiger charge is 2.49. The number of unbranched alkanes of at least 4 members (excludes halogenated alkanes) is 1. The third kappa shape index (κ3) is 12.0. The molecule has 3 atom stereocenters. The van der Waals surface area contributed by atoms with E-state index >= 15 is 0 Å². The van der Waals surface area contributed by atoms with Crippen molar-refractivity contribution in [2.24, 2.45) is 5.41 Å². The first-order valence-corrected chi connectivity index (χ1v) is 17.8. The van der Waals surface area contributed by atoms with Gasteiger partial charge in [0, 0.05) is 11.1 Å². The highest BCUT2D eigenvalue weighted by atomic mass is 35.5. The molecule has 0 amide bonds. The van der Waals surface area contributed by atoms with Crippen molar-refractivity contribution in [3.8, 4) is 0 Å². The van der Waals surface area contributed by atoms with Gasteiger partial charge in [-0.2, -0.15) is 0 Å². The number of aliphatic hydroxyl groups is 1. The average molecular weight is 705 g/mol. The van der Waals surface area contributed by atoms with Crippen LogP contribution in [0.3, 0.4) is 0 Å². The molecule has 0 spiro atoms. The van der Waals surface area contributed by atoms with Gasteiger partial charge in [0.2, 0.25) is 0 Å². The van der Waals surface area contributed by atoms with Crippen molar-refractivity contribution in [2.75, 3.05) is 32.2 Å². The Morgan fingerprint density at radius 1 is 1.00 bits per heavy atom. The number of aliphatic hydroxyl groups excluding tert-OH is 1. The van der Waals surface area contributed by atoms with Crippen LogP contribution in [0.2, 0.25) is 0 Å². The summed E-state index contributed by atoms with van der Waals surface area (Å²) in [5.41, 5.74) is -2.21. The third-order valence-corrected chi connectivity index (χ3v) is 10.4. The van der Waals surface area contributed by atoms with Crippen LogP contribution in [0.5, 0.6) is 0 Å². The number of nitrogens with zero attached hydrogens (tertiary/aromatic N) is 1. The maximum absolute atomic E-state index is 13.3. The lowest BCUT2D eigenvalue weighted by atomic mass is 9.80. The maximum atomic E-state index is 13.3. The predicted molar refractivity (Wildman–Crippen MR) is 174 cm³/mol. The zero-order valence-electron chi connectivity index (χ0n) is 28.8. The number of halogens is 1. The Balaban J connectivity index is 1.97. The normalized spacial score (nSPS) is 20.0. The summed E-state index contributed by atoms with van der Waals surface area (Å²) in [7, 11) is -4.00. The minimum Gasteiger partial charge on any atom is -0.465 e. The van der Waals surface area contributed by atoms with Crippen LogP contribution in [-0.2, 0) is 48.4 Å². The quantitative estimate of drug-likeness (QED) is 0.106. The van der Waals surface area contributed by atoms with Gasteiger partial charge < -0.3 is 24.1 Å². The Hall–Kier alpha value is -2.29. The molecule has 1 aromatic rings. The van der Waals surface area contributed by atoms with Crippen molar-refractivity contribution in [3.05, 3.63) is 29.8 Å². The summed E-state index contributed by atoms with van der Waals surface area (Å²) in [6.45, 7) is 12.2. The number of carbonyl (C=O) groups is 3. The zero-order chi connectivity index (χ0) is 35.8. The van der Waals surface area contributed by atoms with E-state index in [9.17, 15) is 33.1 Å². The van der Waals surface area contributed by atoms with Crippen molar-refractivity contribution in [3.63, 3.8) is 0 Å². The molecule has 1 aliphatic heterocycles. The summed E-state index contributed by atoms with van der Waals surface area (Å²) in [4.78, 5) is 36.7. The fourth-order valence-electron chi connectivity index (χ4n) is 5.80. The zero-order valence-corrected chi connectivity index (χ0v) is 30.4. The van der Waals surface area contributed by atoms with Crippen LogP contribution in [0.25, 0.3) is 0 Å². The first-order chi connectivity index (χ1) is 21.5. The molecule has 267 valence electrons. The number of ether oxygens (including phenoxy) is 4. The fraction of sp³-hybridized carbons (Fsp3) is 0.727. The molecular formula is C33H51ClNO11S. The summed E-state index contributed by atoms with van der Waals surface area (Å²) in [5, 5.41) is 23.9. The first-order valence-electron chi connectivity index (χ1n) is 15.8. The minimum atomic E-state index is -4.00. The highest BCUT2D eigenvalue weighted by Crippen LogP contribution is 2.39. The van der Waals surface area contributed by atoms with Gasteiger partial charge in [0.05, 0.1) is 28.8 Å². The van der Waals surface area contributed by atoms with Crippen LogP contribution in [-0.4, -0.2) is 96.8 Å². The Morgan fingerprint density at radius 3 is 2.11 bits per heavy atom. The standard InChI is InChI=1S/C33H51ClNO11S/c1-9-10-15-43-28(38)32(7,22-47(41,42)26-13-11-23(2)12-14-26)21-33(8,34)29(39)46-19-24(36)18-45-27(37)20-44-25-16-30(3,4)35(40)31(5,6)17-25/h11-14,24-25,36H,9-10,15-22H2,1-8H3. The van der Waals surface area contributed by atoms with Crippen LogP contribution < -0.4 is 0 Å². The van der Waals surface area contributed by atoms with Gasteiger partial charge in [0.15, 0.2) is 9.84 Å². The second-order valence-corrected chi connectivity index (χ2v) is 17.0. The molecule has 0 saturated carbocycles. The number of carbonyl (C=O) groups excluding carboxylic acids is 3. The number of esters is 3. The number of sulfone groups is 1. The van der Waals surface area contributed by atoms with Gasteiger partial charge in [-0.1, -0.05) is 31.0 Å². The molecule has 1 N–H and O–H groups in total. The number of benzene rings is 1. The number of alkyl halides is 1. The molecule has 14 heteroatoms.